The third-order valence-electron chi connectivity index (χ3n) is 13.4. The van der Waals surface area contributed by atoms with E-state index in [1.807, 2.05) is 0 Å². The minimum atomic E-state index is -0.781. The van der Waals surface area contributed by atoms with Gasteiger partial charge in [-0.05, 0) is 103 Å². The van der Waals surface area contributed by atoms with Gasteiger partial charge in [-0.2, -0.15) is 0 Å². The van der Waals surface area contributed by atoms with E-state index in [4.69, 9.17) is 14.2 Å². The number of carbonyl (C=O) groups excluding carboxylic acids is 3. The Labute approximate surface area is 440 Å². The number of hydrogen-bond acceptors (Lipinski definition) is 6. The molecular formula is C65H116O6. The molecule has 0 aliphatic heterocycles. The molecule has 0 N–H and O–H groups in total. The van der Waals surface area contributed by atoms with Crippen LogP contribution in [0.1, 0.15) is 316 Å². The SMILES string of the molecule is CCC/C=C\CCCCCCCC(=O)OCC(COC(=O)CCCCCCCCCCCCCCC/C=C\C/C=C\CCCCCCC)OC(=O)CCCCCCCCC/C=C\C/C=C\CCCCCC. The molecule has 0 aromatic carbocycles. The van der Waals surface area contributed by atoms with Crippen molar-refractivity contribution >= 4 is 17.9 Å². The van der Waals surface area contributed by atoms with Gasteiger partial charge in [0.15, 0.2) is 6.10 Å². The van der Waals surface area contributed by atoms with Crippen LogP contribution in [0.4, 0.5) is 0 Å². The second-order valence-electron chi connectivity index (χ2n) is 20.6. The fourth-order valence-electron chi connectivity index (χ4n) is 8.80. The van der Waals surface area contributed by atoms with Crippen molar-refractivity contribution in [1.29, 1.82) is 0 Å². The van der Waals surface area contributed by atoms with E-state index in [0.717, 1.165) is 89.9 Å². The van der Waals surface area contributed by atoms with E-state index in [9.17, 15) is 14.4 Å². The van der Waals surface area contributed by atoms with E-state index in [1.54, 1.807) is 0 Å². The Balaban J connectivity index is 4.23. The van der Waals surface area contributed by atoms with Crippen molar-refractivity contribution < 1.29 is 28.6 Å². The second-order valence-corrected chi connectivity index (χ2v) is 20.6. The van der Waals surface area contributed by atoms with E-state index in [1.165, 1.54) is 186 Å². The zero-order valence-corrected chi connectivity index (χ0v) is 47.2. The van der Waals surface area contributed by atoms with E-state index in [0.29, 0.717) is 19.3 Å². The van der Waals surface area contributed by atoms with Crippen LogP contribution in [0.2, 0.25) is 0 Å². The van der Waals surface area contributed by atoms with Gasteiger partial charge in [0.2, 0.25) is 0 Å². The van der Waals surface area contributed by atoms with Crippen LogP contribution in [0.15, 0.2) is 60.8 Å². The van der Waals surface area contributed by atoms with Crippen LogP contribution < -0.4 is 0 Å². The number of unbranched alkanes of at least 4 members (excludes halogenated alkanes) is 35. The van der Waals surface area contributed by atoms with Gasteiger partial charge in [-0.3, -0.25) is 14.4 Å². The number of allylic oxidation sites excluding steroid dienone is 10. The Morgan fingerprint density at radius 2 is 0.535 bits per heavy atom. The summed E-state index contributed by atoms with van der Waals surface area (Å²) >= 11 is 0. The summed E-state index contributed by atoms with van der Waals surface area (Å²) in [6, 6.07) is 0. The number of esters is 3. The maximum absolute atomic E-state index is 12.9. The lowest BCUT2D eigenvalue weighted by Gasteiger charge is -2.18. The highest BCUT2D eigenvalue weighted by Gasteiger charge is 2.19. The average Bonchev–Trinajstić information content (AvgIpc) is 3.37. The standard InChI is InChI=1S/C65H116O6/c1-4-7-10-13-16-19-22-24-26-28-30-31-32-33-34-35-36-38-39-41-43-46-49-52-55-58-64(67)70-61-62(60-69-63(66)57-54-51-48-45-21-18-15-12-9-6-3)71-65(68)59-56-53-50-47-44-42-40-37-29-27-25-23-20-17-14-11-8-5-2/h12,15,20,22-24,27-30,62H,4-11,13-14,16-19,21,25-26,31-61H2,1-3H3/b15-12-,23-20-,24-22-,29-27-,30-28-. The lowest BCUT2D eigenvalue weighted by atomic mass is 10.0. The van der Waals surface area contributed by atoms with E-state index in [2.05, 4.69) is 81.5 Å². The van der Waals surface area contributed by atoms with Gasteiger partial charge in [-0.1, -0.05) is 255 Å². The molecule has 6 nitrogen and oxygen atoms in total. The van der Waals surface area contributed by atoms with Gasteiger partial charge in [-0.25, -0.2) is 0 Å². The third kappa shape index (κ3) is 57.9. The Morgan fingerprint density at radius 1 is 0.282 bits per heavy atom. The summed E-state index contributed by atoms with van der Waals surface area (Å²) in [5.41, 5.74) is 0. The van der Waals surface area contributed by atoms with E-state index < -0.39 is 6.10 Å². The quantitative estimate of drug-likeness (QED) is 0.0261. The van der Waals surface area contributed by atoms with Crippen molar-refractivity contribution in [2.24, 2.45) is 0 Å². The molecule has 0 aromatic rings. The Morgan fingerprint density at radius 3 is 0.859 bits per heavy atom. The minimum Gasteiger partial charge on any atom is -0.462 e. The van der Waals surface area contributed by atoms with Crippen LogP contribution in [0.5, 0.6) is 0 Å². The maximum Gasteiger partial charge on any atom is 0.306 e. The minimum absolute atomic E-state index is 0.0790. The molecular weight excluding hydrogens is 877 g/mol. The van der Waals surface area contributed by atoms with Crippen LogP contribution in [0, 0.1) is 0 Å². The van der Waals surface area contributed by atoms with Crippen LogP contribution in [-0.4, -0.2) is 37.2 Å². The third-order valence-corrected chi connectivity index (χ3v) is 13.4. The number of rotatable bonds is 56. The summed E-state index contributed by atoms with van der Waals surface area (Å²) in [5.74, 6) is -0.887. The van der Waals surface area contributed by atoms with Crippen molar-refractivity contribution in [2.45, 2.75) is 322 Å². The van der Waals surface area contributed by atoms with Crippen molar-refractivity contribution in [3.05, 3.63) is 60.8 Å². The van der Waals surface area contributed by atoms with Gasteiger partial charge in [0.25, 0.3) is 0 Å². The van der Waals surface area contributed by atoms with Gasteiger partial charge in [-0.15, -0.1) is 0 Å². The molecule has 0 aromatic heterocycles. The first-order valence-corrected chi connectivity index (χ1v) is 30.8. The summed E-state index contributed by atoms with van der Waals surface area (Å²) in [6.45, 7) is 6.57. The molecule has 412 valence electrons. The van der Waals surface area contributed by atoms with Crippen molar-refractivity contribution in [2.75, 3.05) is 13.2 Å². The predicted molar refractivity (Wildman–Crippen MR) is 307 cm³/mol. The van der Waals surface area contributed by atoms with Crippen LogP contribution in [-0.2, 0) is 28.6 Å². The van der Waals surface area contributed by atoms with Crippen molar-refractivity contribution in [3.63, 3.8) is 0 Å². The van der Waals surface area contributed by atoms with Gasteiger partial charge >= 0.3 is 17.9 Å². The number of carbonyl (C=O) groups is 3. The van der Waals surface area contributed by atoms with Crippen LogP contribution in [0.3, 0.4) is 0 Å². The Hall–Kier alpha value is -2.89. The summed E-state index contributed by atoms with van der Waals surface area (Å²) < 4.78 is 16.9. The molecule has 0 spiro atoms. The number of hydrogen-bond donors (Lipinski definition) is 0. The summed E-state index contributed by atoms with van der Waals surface area (Å²) in [7, 11) is 0. The molecule has 1 unspecified atom stereocenters. The summed E-state index contributed by atoms with van der Waals surface area (Å²) in [5, 5.41) is 0. The van der Waals surface area contributed by atoms with Gasteiger partial charge < -0.3 is 14.2 Å². The first-order chi connectivity index (χ1) is 35.0. The molecule has 6 heteroatoms. The molecule has 0 radical (unpaired) electrons. The number of ether oxygens (including phenoxy) is 3. The van der Waals surface area contributed by atoms with Gasteiger partial charge in [0, 0.05) is 19.3 Å². The zero-order chi connectivity index (χ0) is 51.4. The topological polar surface area (TPSA) is 78.9 Å². The van der Waals surface area contributed by atoms with E-state index >= 15 is 0 Å². The first kappa shape index (κ1) is 68.1. The van der Waals surface area contributed by atoms with Crippen molar-refractivity contribution in [3.8, 4) is 0 Å². The fraction of sp³-hybridized carbons (Fsp3) is 0.800. The highest BCUT2D eigenvalue weighted by molar-refractivity contribution is 5.71. The normalized spacial score (nSPS) is 12.4. The molecule has 0 saturated carbocycles. The van der Waals surface area contributed by atoms with Crippen LogP contribution in [0.25, 0.3) is 0 Å². The zero-order valence-electron chi connectivity index (χ0n) is 47.2. The second kappa shape index (κ2) is 59.7. The van der Waals surface area contributed by atoms with Gasteiger partial charge in [0.05, 0.1) is 0 Å². The lowest BCUT2D eigenvalue weighted by Crippen LogP contribution is -2.30. The molecule has 0 aliphatic rings. The molecule has 0 bridgehead atoms. The lowest BCUT2D eigenvalue weighted by molar-refractivity contribution is -0.167. The largest absolute Gasteiger partial charge is 0.462 e. The Bertz CT molecular complexity index is 1280. The van der Waals surface area contributed by atoms with Gasteiger partial charge in [0.1, 0.15) is 13.2 Å². The van der Waals surface area contributed by atoms with Crippen molar-refractivity contribution in [1.82, 2.24) is 0 Å². The monoisotopic (exact) mass is 993 g/mol. The summed E-state index contributed by atoms with van der Waals surface area (Å²) in [6.07, 6.45) is 75.1. The predicted octanol–water partition coefficient (Wildman–Crippen LogP) is 20.8. The molecule has 0 amide bonds. The van der Waals surface area contributed by atoms with E-state index in [-0.39, 0.29) is 31.1 Å². The fourth-order valence-corrected chi connectivity index (χ4v) is 8.80. The summed E-state index contributed by atoms with van der Waals surface area (Å²) in [4.78, 5) is 38.1. The average molecular weight is 994 g/mol. The molecule has 0 saturated heterocycles. The molecule has 0 aliphatic carbocycles. The molecule has 71 heavy (non-hydrogen) atoms. The molecule has 0 heterocycles. The molecule has 0 fully saturated rings. The smallest absolute Gasteiger partial charge is 0.306 e. The van der Waals surface area contributed by atoms with Crippen LogP contribution >= 0.6 is 0 Å². The highest BCUT2D eigenvalue weighted by atomic mass is 16.6. The Kier molecular flexibility index (Phi) is 57.2. The molecule has 0 rings (SSSR count). The molecule has 1 atom stereocenters. The maximum atomic E-state index is 12.9. The first-order valence-electron chi connectivity index (χ1n) is 30.8. The highest BCUT2D eigenvalue weighted by Crippen LogP contribution is 2.16.